The molecule has 27 rings (SSSR count). The van der Waals surface area contributed by atoms with Gasteiger partial charge in [-0.05, 0) is 243 Å². The number of para-hydroxylation sites is 3. The zero-order valence-electron chi connectivity index (χ0n) is 79.6. The zero-order valence-corrected chi connectivity index (χ0v) is 85.0. The van der Waals surface area contributed by atoms with Gasteiger partial charge in [0.25, 0.3) is 0 Å². The number of hydrogen-bond donors (Lipinski definition) is 2. The molecule has 6 aliphatic carbocycles. The maximum atomic E-state index is 5.99. The maximum absolute atomic E-state index is 5.99. The summed E-state index contributed by atoms with van der Waals surface area (Å²) in [5, 5.41) is 6.08. The number of halogens is 3. The first-order chi connectivity index (χ1) is 68.1. The van der Waals surface area contributed by atoms with Crippen LogP contribution >= 0.6 is 43.5 Å². The smallest absolute Gasteiger partial charge is 0.238 e. The SMILES string of the molecule is Brc1ccc2c(c1)Cc1ccccc1-2.CC1(C)c2ccccc2-c2cc3c(cc21)Cc1ccccc1-3.CC1(C)c2ccccc2-c2cc3c4ccccc4n(-c4nc(-c5ccccc5)nc(-c5ccccc5)n4)c3cc21.CC1(C)c2ccccc2-c2ccc(Br)cc21.CC1(C)c2ccccc2-c2ccc(Nc3ccccc3)cc21.Clc1nc(-c2ccccc2)nc(-c2ccccc2)n1.Nc1ccccc1.[Pd]. The third kappa shape index (κ3) is 18.4. The molecule has 13 heteroatoms. The van der Waals surface area contributed by atoms with Crippen LogP contribution in [0.15, 0.2) is 440 Å². The molecule has 0 fully saturated rings. The minimum absolute atomic E-state index is 0. The molecule has 18 aromatic carbocycles. The van der Waals surface area contributed by atoms with Crippen molar-refractivity contribution < 1.29 is 20.4 Å². The van der Waals surface area contributed by atoms with Crippen molar-refractivity contribution in [2.45, 2.75) is 89.9 Å². The fourth-order valence-electron chi connectivity index (χ4n) is 21.1. The van der Waals surface area contributed by atoms with Gasteiger partial charge in [-0.25, -0.2) is 9.97 Å². The van der Waals surface area contributed by atoms with Crippen LogP contribution in [0.3, 0.4) is 0 Å². The minimum Gasteiger partial charge on any atom is -0.399 e. The summed E-state index contributed by atoms with van der Waals surface area (Å²) in [6.45, 7) is 18.6. The average Bonchev–Trinajstić information content (AvgIpc) is 1.53. The van der Waals surface area contributed by atoms with Crippen molar-refractivity contribution in [3.8, 4) is 118 Å². The van der Waals surface area contributed by atoms with Crippen LogP contribution < -0.4 is 11.1 Å². The molecule has 0 spiro atoms. The molecule has 0 bridgehead atoms. The van der Waals surface area contributed by atoms with Gasteiger partial charge in [0.15, 0.2) is 23.3 Å². The van der Waals surface area contributed by atoms with Gasteiger partial charge < -0.3 is 11.1 Å². The van der Waals surface area contributed by atoms with Crippen LogP contribution in [0.4, 0.5) is 17.1 Å². The Kier molecular flexibility index (Phi) is 26.3. The van der Waals surface area contributed by atoms with Crippen LogP contribution in [0.2, 0.25) is 5.28 Å². The van der Waals surface area contributed by atoms with Gasteiger partial charge in [-0.15, -0.1) is 0 Å². The largest absolute Gasteiger partial charge is 0.399 e. The van der Waals surface area contributed by atoms with Crippen molar-refractivity contribution in [3.05, 3.63) is 512 Å². The Hall–Kier alpha value is -14.7. The number of aromatic nitrogens is 7. The Morgan fingerprint density at radius 2 is 0.589 bits per heavy atom. The molecule has 21 aromatic rings. The summed E-state index contributed by atoms with van der Waals surface area (Å²) in [6, 6.07) is 150. The van der Waals surface area contributed by atoms with E-state index >= 15 is 0 Å². The molecular formula is C128H102Br2ClN9Pd. The van der Waals surface area contributed by atoms with Gasteiger partial charge >= 0.3 is 0 Å². The first kappa shape index (κ1) is 93.9. The first-order valence-electron chi connectivity index (χ1n) is 47.7. The van der Waals surface area contributed by atoms with E-state index in [4.69, 9.17) is 32.3 Å². The molecular weight excluding hydrogens is 1970 g/mol. The number of nitrogen functional groups attached to an aromatic ring is 1. The molecule has 3 N–H and O–H groups in total. The van der Waals surface area contributed by atoms with Crippen LogP contribution in [0.25, 0.3) is 140 Å². The number of anilines is 3. The van der Waals surface area contributed by atoms with E-state index in [9.17, 15) is 0 Å². The summed E-state index contributed by atoms with van der Waals surface area (Å²) >= 11 is 13.1. The molecule has 0 saturated carbocycles. The van der Waals surface area contributed by atoms with Crippen molar-refractivity contribution in [3.63, 3.8) is 0 Å². The Morgan fingerprint density at radius 3 is 1.06 bits per heavy atom. The third-order valence-corrected chi connectivity index (χ3v) is 29.3. The van der Waals surface area contributed by atoms with E-state index < -0.39 is 0 Å². The average molecular weight is 2070 g/mol. The van der Waals surface area contributed by atoms with Gasteiger partial charge in [0.1, 0.15) is 0 Å². The van der Waals surface area contributed by atoms with Gasteiger partial charge in [-0.2, -0.15) is 19.9 Å². The molecule has 0 saturated heterocycles. The monoisotopic (exact) mass is 2060 g/mol. The van der Waals surface area contributed by atoms with Crippen molar-refractivity contribution >= 4 is 82.3 Å². The van der Waals surface area contributed by atoms with Crippen molar-refractivity contribution in [2.75, 3.05) is 11.1 Å². The summed E-state index contributed by atoms with van der Waals surface area (Å²) < 4.78 is 4.54. The van der Waals surface area contributed by atoms with Gasteiger partial charge in [-0.1, -0.05) is 433 Å². The van der Waals surface area contributed by atoms with E-state index in [1.165, 1.54) is 149 Å². The van der Waals surface area contributed by atoms with Crippen molar-refractivity contribution in [2.24, 2.45) is 0 Å². The van der Waals surface area contributed by atoms with Gasteiger partial charge in [0.2, 0.25) is 11.2 Å². The van der Waals surface area contributed by atoms with Crippen molar-refractivity contribution in [1.82, 2.24) is 34.5 Å². The predicted octanol–water partition coefficient (Wildman–Crippen LogP) is 33.8. The maximum Gasteiger partial charge on any atom is 0.238 e. The van der Waals surface area contributed by atoms with E-state index in [0.29, 0.717) is 29.2 Å². The molecule has 9 nitrogen and oxygen atoms in total. The van der Waals surface area contributed by atoms with Crippen LogP contribution in [0, 0.1) is 0 Å². The number of nitrogens with one attached hydrogen (secondary N) is 1. The molecule has 141 heavy (non-hydrogen) atoms. The topological polar surface area (TPSA) is 120 Å². The second-order valence-corrected chi connectivity index (χ2v) is 40.5. The summed E-state index contributed by atoms with van der Waals surface area (Å²) in [7, 11) is 0. The van der Waals surface area contributed by atoms with Gasteiger partial charge in [0.05, 0.1) is 11.0 Å². The standard InChI is InChI=1S/C36H26N4.C22H18.C21H19N.C15H13Br.C15H10ClN3.C13H9Br.C6H7N.Pd/c1-36(2)29-19-11-9-17-25(29)27-21-28-26-18-10-12-20-31(26)40(32(28)22-30(27)36)35-38-33(23-13-5-3-6-14-23)37-34(39-35)24-15-7-4-8-16-24;1-22(2)20-10-6-5-9-17(20)19-13-18-15(12-21(19)22)11-14-7-3-4-8-16(14)18;1-21(2)19-11-7-6-10-17(19)18-13-12-16(14-20(18)21)22-15-8-4-3-5-9-15;1-15(2)13-6-4-3-5-11(13)12-8-7-10(16)9-14(12)15;16-15-18-13(11-7-3-1-4-8-11)17-14(19-15)12-9-5-2-6-10-12;14-11-5-6-13-10(8-11)7-9-3-1-2-4-12(9)13;7-6-4-2-1-3-5-6;/h3-22H,1-2H3;3-10,12-13H,11H2,1-2H3;3-14,22H,1-2H3;3-9H,1-2H3;1-10H;1-6,8H,7H2;1-5H,7H2;. The Bertz CT molecular complexity index is 8140. The Balaban J connectivity index is 0.000000106. The van der Waals surface area contributed by atoms with E-state index in [1.807, 2.05) is 158 Å². The minimum atomic E-state index is -0.106. The number of nitrogens with zero attached hydrogens (tertiary/aromatic N) is 7. The van der Waals surface area contributed by atoms with E-state index in [0.717, 1.165) is 67.7 Å². The van der Waals surface area contributed by atoms with E-state index in [-0.39, 0.29) is 47.4 Å². The second-order valence-electron chi connectivity index (χ2n) is 38.3. The second kappa shape index (κ2) is 39.5. The number of benzene rings is 18. The molecule has 690 valence electrons. The predicted molar refractivity (Wildman–Crippen MR) is 589 cm³/mol. The number of rotatable bonds is 7. The fraction of sp³-hybridized carbons (Fsp3) is 0.109. The van der Waals surface area contributed by atoms with Crippen LogP contribution in [0.5, 0.6) is 0 Å². The quantitative estimate of drug-likeness (QED) is 0.120. The molecule has 0 amide bonds. The molecule has 0 radical (unpaired) electrons. The Morgan fingerprint density at radius 1 is 0.255 bits per heavy atom. The van der Waals surface area contributed by atoms with E-state index in [2.05, 4.69) is 385 Å². The van der Waals surface area contributed by atoms with Crippen LogP contribution in [-0.2, 0) is 54.9 Å². The summed E-state index contributed by atoms with van der Waals surface area (Å²) in [5.41, 5.74) is 48.3. The number of nitrogens with two attached hydrogens (primary N) is 1. The molecule has 0 atom stereocenters. The zero-order chi connectivity index (χ0) is 96.0. The third-order valence-electron chi connectivity index (χ3n) is 28.2. The van der Waals surface area contributed by atoms with Crippen LogP contribution in [-0.4, -0.2) is 34.5 Å². The Labute approximate surface area is 860 Å². The molecule has 0 unspecified atom stereocenters. The number of hydrogen-bond acceptors (Lipinski definition) is 8. The fourth-order valence-corrected chi connectivity index (χ4v) is 22.0. The van der Waals surface area contributed by atoms with Gasteiger partial charge in [-0.3, -0.25) is 4.57 Å². The summed E-state index contributed by atoms with van der Waals surface area (Å²) in [5.74, 6) is 3.10. The van der Waals surface area contributed by atoms with Gasteiger partial charge in [0, 0.05) is 101 Å². The molecule has 6 aliphatic rings. The molecule has 3 aromatic heterocycles. The van der Waals surface area contributed by atoms with Crippen LogP contribution in [0.1, 0.15) is 122 Å². The first-order valence-corrected chi connectivity index (χ1v) is 49.6. The number of fused-ring (bicyclic) bond motifs is 21. The van der Waals surface area contributed by atoms with Crippen molar-refractivity contribution in [1.29, 1.82) is 0 Å². The summed E-state index contributed by atoms with van der Waals surface area (Å²) in [6.07, 6.45) is 2.15. The normalized spacial score (nSPS) is 13.4. The van der Waals surface area contributed by atoms with E-state index in [1.54, 1.807) is 0 Å². The molecule has 3 heterocycles. The molecule has 0 aliphatic heterocycles. The summed E-state index contributed by atoms with van der Waals surface area (Å²) in [4.78, 5) is 27.9.